The van der Waals surface area contributed by atoms with Gasteiger partial charge in [-0.25, -0.2) is 4.79 Å². The first-order valence-electron chi connectivity index (χ1n) is 7.31. The summed E-state index contributed by atoms with van der Waals surface area (Å²) in [6, 6.07) is 9.57. The molecule has 6 heteroatoms. The Labute approximate surface area is 130 Å². The molecule has 6 nitrogen and oxygen atoms in total. The zero-order chi connectivity index (χ0) is 15.9. The predicted molar refractivity (Wildman–Crippen MR) is 85.5 cm³/mol. The van der Waals surface area contributed by atoms with Crippen LogP contribution in [0.2, 0.25) is 0 Å². The average Bonchev–Trinajstić information content (AvgIpc) is 2.90. The van der Waals surface area contributed by atoms with Crippen molar-refractivity contribution in [3.63, 3.8) is 0 Å². The van der Waals surface area contributed by atoms with Gasteiger partial charge in [0.25, 0.3) is 0 Å². The minimum absolute atomic E-state index is 0.302. The van der Waals surface area contributed by atoms with E-state index in [2.05, 4.69) is 46.8 Å². The average molecular weight is 302 g/mol. The molecular formula is C16H22N4O2. The molecule has 1 aromatic carbocycles. The largest absolute Gasteiger partial charge is 0.360 e. The van der Waals surface area contributed by atoms with Crippen molar-refractivity contribution in [2.45, 2.75) is 26.9 Å². The fourth-order valence-electron chi connectivity index (χ4n) is 2.03. The van der Waals surface area contributed by atoms with Crippen LogP contribution in [0, 0.1) is 6.92 Å². The summed E-state index contributed by atoms with van der Waals surface area (Å²) in [4.78, 5) is 14.0. The molecule has 0 saturated heterocycles. The number of hydrogen-bond acceptors (Lipinski definition) is 4. The Balaban J connectivity index is 1.85. The number of nitrogens with zero attached hydrogens (tertiary/aromatic N) is 2. The molecule has 0 unspecified atom stereocenters. The number of amides is 2. The van der Waals surface area contributed by atoms with Crippen molar-refractivity contribution < 1.29 is 9.32 Å². The molecule has 22 heavy (non-hydrogen) atoms. The van der Waals surface area contributed by atoms with E-state index >= 15 is 0 Å². The second-order valence-electron chi connectivity index (χ2n) is 5.28. The van der Waals surface area contributed by atoms with E-state index in [1.807, 2.05) is 12.1 Å². The minimum atomic E-state index is -0.302. The van der Waals surface area contributed by atoms with E-state index in [0.717, 1.165) is 18.7 Å². The van der Waals surface area contributed by atoms with Crippen LogP contribution in [-0.2, 0) is 13.1 Å². The maximum Gasteiger partial charge on any atom is 0.320 e. The monoisotopic (exact) mass is 302 g/mol. The third-order valence-electron chi connectivity index (χ3n) is 3.31. The normalized spacial score (nSPS) is 10.7. The topological polar surface area (TPSA) is 70.4 Å². The zero-order valence-corrected chi connectivity index (χ0v) is 13.2. The van der Waals surface area contributed by atoms with E-state index in [1.54, 1.807) is 13.0 Å². The van der Waals surface area contributed by atoms with Crippen LogP contribution in [0.1, 0.15) is 23.8 Å². The van der Waals surface area contributed by atoms with Crippen LogP contribution < -0.4 is 10.6 Å². The number of anilines is 1. The van der Waals surface area contributed by atoms with E-state index in [1.165, 1.54) is 5.56 Å². The molecule has 0 aliphatic rings. The van der Waals surface area contributed by atoms with Gasteiger partial charge in [0.05, 0.1) is 0 Å². The lowest BCUT2D eigenvalue weighted by Crippen LogP contribution is -2.28. The summed E-state index contributed by atoms with van der Waals surface area (Å²) < 4.78 is 4.89. The summed E-state index contributed by atoms with van der Waals surface area (Å²) in [5.74, 6) is 1.07. The summed E-state index contributed by atoms with van der Waals surface area (Å²) in [5.41, 5.74) is 2.30. The van der Waals surface area contributed by atoms with Gasteiger partial charge < -0.3 is 14.7 Å². The molecule has 1 aromatic heterocycles. The van der Waals surface area contributed by atoms with Crippen molar-refractivity contribution in [1.82, 2.24) is 15.4 Å². The second kappa shape index (κ2) is 7.61. The van der Waals surface area contributed by atoms with Gasteiger partial charge in [-0.1, -0.05) is 36.3 Å². The van der Waals surface area contributed by atoms with Crippen molar-refractivity contribution in [2.75, 3.05) is 18.9 Å². The van der Waals surface area contributed by atoms with E-state index in [4.69, 9.17) is 4.52 Å². The highest BCUT2D eigenvalue weighted by atomic mass is 16.5. The van der Waals surface area contributed by atoms with Crippen LogP contribution in [0.4, 0.5) is 10.6 Å². The third-order valence-corrected chi connectivity index (χ3v) is 3.31. The van der Waals surface area contributed by atoms with Crippen molar-refractivity contribution in [1.29, 1.82) is 0 Å². The lowest BCUT2D eigenvalue weighted by molar-refractivity contribution is 0.251. The lowest BCUT2D eigenvalue weighted by atomic mass is 10.1. The summed E-state index contributed by atoms with van der Waals surface area (Å²) >= 11 is 0. The molecule has 0 aliphatic heterocycles. The summed E-state index contributed by atoms with van der Waals surface area (Å²) in [6.45, 7) is 6.26. The van der Waals surface area contributed by atoms with Crippen LogP contribution >= 0.6 is 0 Å². The van der Waals surface area contributed by atoms with Gasteiger partial charge in [-0.3, -0.25) is 5.32 Å². The highest BCUT2D eigenvalue weighted by molar-refractivity contribution is 5.88. The van der Waals surface area contributed by atoms with Crippen LogP contribution in [0.15, 0.2) is 34.9 Å². The Morgan fingerprint density at radius 1 is 1.32 bits per heavy atom. The van der Waals surface area contributed by atoms with E-state index < -0.39 is 0 Å². The summed E-state index contributed by atoms with van der Waals surface area (Å²) in [6.07, 6.45) is 0. The first kappa shape index (κ1) is 16.0. The second-order valence-corrected chi connectivity index (χ2v) is 5.28. The zero-order valence-electron chi connectivity index (χ0n) is 13.2. The highest BCUT2D eigenvalue weighted by Crippen LogP contribution is 2.09. The Kier molecular flexibility index (Phi) is 5.55. The number of carbonyl (C=O) groups is 1. The number of urea groups is 1. The number of aromatic nitrogens is 1. The van der Waals surface area contributed by atoms with Crippen molar-refractivity contribution in [3.05, 3.63) is 47.2 Å². The number of hydrogen-bond donors (Lipinski definition) is 2. The van der Waals surface area contributed by atoms with Gasteiger partial charge in [0.2, 0.25) is 0 Å². The van der Waals surface area contributed by atoms with Gasteiger partial charge in [-0.2, -0.15) is 0 Å². The van der Waals surface area contributed by atoms with Gasteiger partial charge in [0.1, 0.15) is 5.76 Å². The molecule has 0 saturated carbocycles. The first-order valence-corrected chi connectivity index (χ1v) is 7.31. The standard InChI is InChI=1S/C16H22N4O2/c1-4-20(3)11-14-7-5-6-13(9-14)10-17-16(21)18-15-8-12(2)22-19-15/h5-9H,4,10-11H2,1-3H3,(H2,17,18,19,21). The van der Waals surface area contributed by atoms with Gasteiger partial charge in [0.15, 0.2) is 5.82 Å². The molecule has 2 aromatic rings. The SMILES string of the molecule is CCN(C)Cc1cccc(CNC(=O)Nc2cc(C)on2)c1. The molecule has 118 valence electrons. The number of rotatable bonds is 6. The molecule has 0 bridgehead atoms. The molecule has 1 heterocycles. The number of carbonyl (C=O) groups excluding carboxylic acids is 1. The smallest absolute Gasteiger partial charge is 0.320 e. The van der Waals surface area contributed by atoms with Gasteiger partial charge >= 0.3 is 6.03 Å². The van der Waals surface area contributed by atoms with Crippen LogP contribution in [0.3, 0.4) is 0 Å². The van der Waals surface area contributed by atoms with Crippen LogP contribution in [0.5, 0.6) is 0 Å². The molecule has 0 radical (unpaired) electrons. The molecule has 0 atom stereocenters. The van der Waals surface area contributed by atoms with Gasteiger partial charge in [0, 0.05) is 19.2 Å². The van der Waals surface area contributed by atoms with Gasteiger partial charge in [-0.05, 0) is 31.6 Å². The van der Waals surface area contributed by atoms with Crippen molar-refractivity contribution in [2.24, 2.45) is 0 Å². The Morgan fingerprint density at radius 3 is 2.77 bits per heavy atom. The molecule has 0 fully saturated rings. The Morgan fingerprint density at radius 2 is 2.09 bits per heavy atom. The highest BCUT2D eigenvalue weighted by Gasteiger charge is 2.06. The number of nitrogens with one attached hydrogen (secondary N) is 2. The minimum Gasteiger partial charge on any atom is -0.360 e. The molecule has 2 rings (SSSR count). The Hall–Kier alpha value is -2.34. The molecule has 2 N–H and O–H groups in total. The molecule has 0 aliphatic carbocycles. The maximum absolute atomic E-state index is 11.8. The number of benzene rings is 1. The van der Waals surface area contributed by atoms with Crippen LogP contribution in [0.25, 0.3) is 0 Å². The van der Waals surface area contributed by atoms with Crippen molar-refractivity contribution >= 4 is 11.8 Å². The van der Waals surface area contributed by atoms with Crippen LogP contribution in [-0.4, -0.2) is 29.7 Å². The van der Waals surface area contributed by atoms with E-state index in [0.29, 0.717) is 18.1 Å². The fraction of sp³-hybridized carbons (Fsp3) is 0.375. The molecule has 2 amide bonds. The first-order chi connectivity index (χ1) is 10.6. The summed E-state index contributed by atoms with van der Waals surface area (Å²) in [5, 5.41) is 9.15. The lowest BCUT2D eigenvalue weighted by Gasteiger charge is -2.14. The van der Waals surface area contributed by atoms with Crippen molar-refractivity contribution in [3.8, 4) is 0 Å². The van der Waals surface area contributed by atoms with E-state index in [9.17, 15) is 4.79 Å². The predicted octanol–water partition coefficient (Wildman–Crippen LogP) is 2.76. The summed E-state index contributed by atoms with van der Waals surface area (Å²) in [7, 11) is 2.08. The molecular weight excluding hydrogens is 280 g/mol. The maximum atomic E-state index is 11.8. The van der Waals surface area contributed by atoms with E-state index in [-0.39, 0.29) is 6.03 Å². The quantitative estimate of drug-likeness (QED) is 0.861. The van der Waals surface area contributed by atoms with Gasteiger partial charge in [-0.15, -0.1) is 0 Å². The third kappa shape index (κ3) is 4.89. The number of aryl methyl sites for hydroxylation is 1. The fourth-order valence-corrected chi connectivity index (χ4v) is 2.03. The Bertz CT molecular complexity index is 624. The molecule has 0 spiro atoms.